The molecule has 3 heteroatoms. The molecule has 1 aromatic rings. The second-order valence-corrected chi connectivity index (χ2v) is 4.12. The van der Waals surface area contributed by atoms with Crippen LogP contribution in [0, 0.1) is 0 Å². The van der Waals surface area contributed by atoms with Gasteiger partial charge in [0, 0.05) is 6.54 Å². The molecular formula is C13H21NO2. The highest BCUT2D eigenvalue weighted by Crippen LogP contribution is 2.10. The molecule has 0 heterocycles. The third kappa shape index (κ3) is 5.26. The van der Waals surface area contributed by atoms with Gasteiger partial charge in [0.15, 0.2) is 0 Å². The second kappa shape index (κ2) is 7.39. The molecule has 16 heavy (non-hydrogen) atoms. The molecule has 0 spiro atoms. The zero-order valence-corrected chi connectivity index (χ0v) is 9.76. The van der Waals surface area contributed by atoms with Gasteiger partial charge in [0.1, 0.15) is 0 Å². The minimum Gasteiger partial charge on any atom is -0.393 e. The Balaban J connectivity index is 2.14. The molecule has 90 valence electrons. The number of hydrogen-bond donors (Lipinski definition) is 3. The van der Waals surface area contributed by atoms with Gasteiger partial charge in [-0.25, -0.2) is 0 Å². The largest absolute Gasteiger partial charge is 0.393 e. The van der Waals surface area contributed by atoms with Crippen LogP contribution in [0.4, 0.5) is 0 Å². The maximum absolute atomic E-state index is 9.82. The fourth-order valence-corrected chi connectivity index (χ4v) is 1.55. The third-order valence-electron chi connectivity index (χ3n) is 2.50. The Bertz CT molecular complexity index is 275. The normalized spacial score (nSPS) is 14.7. The van der Waals surface area contributed by atoms with Crippen LogP contribution < -0.4 is 5.32 Å². The average Bonchev–Trinajstić information content (AvgIpc) is 2.29. The van der Waals surface area contributed by atoms with Crippen molar-refractivity contribution in [1.82, 2.24) is 5.32 Å². The van der Waals surface area contributed by atoms with Crippen LogP contribution in [0.25, 0.3) is 0 Å². The van der Waals surface area contributed by atoms with Gasteiger partial charge in [0.2, 0.25) is 0 Å². The van der Waals surface area contributed by atoms with Crippen LogP contribution in [-0.2, 0) is 0 Å². The molecule has 0 aromatic heterocycles. The summed E-state index contributed by atoms with van der Waals surface area (Å²) in [7, 11) is 0. The van der Waals surface area contributed by atoms with Crippen molar-refractivity contribution >= 4 is 0 Å². The van der Waals surface area contributed by atoms with Crippen molar-refractivity contribution < 1.29 is 10.2 Å². The Kier molecular flexibility index (Phi) is 6.08. The molecule has 0 bridgehead atoms. The molecule has 0 aliphatic rings. The van der Waals surface area contributed by atoms with Gasteiger partial charge in [-0.15, -0.1) is 0 Å². The first-order chi connectivity index (χ1) is 7.70. The predicted octanol–water partition coefficient (Wildman–Crippen LogP) is 1.47. The SMILES string of the molecule is CC(O)CCCNCC(O)c1ccccc1. The number of rotatable bonds is 7. The summed E-state index contributed by atoms with van der Waals surface area (Å²) in [6.07, 6.45) is 1.04. The van der Waals surface area contributed by atoms with Gasteiger partial charge >= 0.3 is 0 Å². The third-order valence-corrected chi connectivity index (χ3v) is 2.50. The molecule has 1 aromatic carbocycles. The zero-order chi connectivity index (χ0) is 11.8. The molecule has 0 amide bonds. The zero-order valence-electron chi connectivity index (χ0n) is 9.76. The summed E-state index contributed by atoms with van der Waals surface area (Å²) >= 11 is 0. The van der Waals surface area contributed by atoms with Crippen LogP contribution in [0.1, 0.15) is 31.4 Å². The second-order valence-electron chi connectivity index (χ2n) is 4.12. The van der Waals surface area contributed by atoms with Crippen molar-refractivity contribution in [2.24, 2.45) is 0 Å². The van der Waals surface area contributed by atoms with E-state index >= 15 is 0 Å². The van der Waals surface area contributed by atoms with E-state index in [1.807, 2.05) is 30.3 Å². The van der Waals surface area contributed by atoms with Crippen molar-refractivity contribution in [1.29, 1.82) is 0 Å². The van der Waals surface area contributed by atoms with Crippen molar-refractivity contribution in [3.8, 4) is 0 Å². The monoisotopic (exact) mass is 223 g/mol. The van der Waals surface area contributed by atoms with Crippen molar-refractivity contribution in [2.45, 2.75) is 32.0 Å². The number of nitrogens with one attached hydrogen (secondary N) is 1. The lowest BCUT2D eigenvalue weighted by atomic mass is 10.1. The number of aliphatic hydroxyl groups excluding tert-OH is 2. The number of benzene rings is 1. The summed E-state index contributed by atoms with van der Waals surface area (Å²) in [5, 5.41) is 22.1. The van der Waals surface area contributed by atoms with Crippen molar-refractivity contribution in [3.63, 3.8) is 0 Å². The van der Waals surface area contributed by atoms with Crippen LogP contribution in [0.3, 0.4) is 0 Å². The van der Waals surface area contributed by atoms with E-state index in [0.29, 0.717) is 6.54 Å². The van der Waals surface area contributed by atoms with Crippen LogP contribution in [-0.4, -0.2) is 29.4 Å². The Morgan fingerprint density at radius 2 is 1.88 bits per heavy atom. The van der Waals surface area contributed by atoms with Gasteiger partial charge in [-0.05, 0) is 31.9 Å². The van der Waals surface area contributed by atoms with E-state index in [4.69, 9.17) is 5.11 Å². The predicted molar refractivity (Wildman–Crippen MR) is 65.2 cm³/mol. The fraction of sp³-hybridized carbons (Fsp3) is 0.538. The van der Waals surface area contributed by atoms with Crippen LogP contribution in [0.5, 0.6) is 0 Å². The van der Waals surface area contributed by atoms with Crippen LogP contribution >= 0.6 is 0 Å². The molecule has 0 saturated heterocycles. The lowest BCUT2D eigenvalue weighted by molar-refractivity contribution is 0.168. The van der Waals surface area contributed by atoms with Crippen molar-refractivity contribution in [2.75, 3.05) is 13.1 Å². The maximum Gasteiger partial charge on any atom is 0.0914 e. The minimum absolute atomic E-state index is 0.235. The summed E-state index contributed by atoms with van der Waals surface area (Å²) in [6.45, 7) is 3.18. The molecular weight excluding hydrogens is 202 g/mol. The van der Waals surface area contributed by atoms with E-state index in [1.165, 1.54) is 0 Å². The molecule has 0 aliphatic carbocycles. The Morgan fingerprint density at radius 1 is 1.19 bits per heavy atom. The van der Waals surface area contributed by atoms with Crippen LogP contribution in [0.15, 0.2) is 30.3 Å². The van der Waals surface area contributed by atoms with E-state index in [-0.39, 0.29) is 6.10 Å². The number of aliphatic hydroxyl groups is 2. The van der Waals surface area contributed by atoms with Gasteiger partial charge in [0.25, 0.3) is 0 Å². The molecule has 2 unspecified atom stereocenters. The Hall–Kier alpha value is -0.900. The summed E-state index contributed by atoms with van der Waals surface area (Å²) in [6, 6.07) is 9.62. The highest BCUT2D eigenvalue weighted by atomic mass is 16.3. The Morgan fingerprint density at radius 3 is 2.50 bits per heavy atom. The van der Waals surface area contributed by atoms with E-state index in [0.717, 1.165) is 24.9 Å². The van der Waals surface area contributed by atoms with E-state index < -0.39 is 6.10 Å². The highest BCUT2D eigenvalue weighted by Gasteiger charge is 2.05. The fourth-order valence-electron chi connectivity index (χ4n) is 1.55. The first-order valence-electron chi connectivity index (χ1n) is 5.82. The van der Waals surface area contributed by atoms with Gasteiger partial charge in [0.05, 0.1) is 12.2 Å². The van der Waals surface area contributed by atoms with Gasteiger partial charge in [-0.1, -0.05) is 30.3 Å². The molecule has 0 aliphatic heterocycles. The first kappa shape index (κ1) is 13.2. The highest BCUT2D eigenvalue weighted by molar-refractivity contribution is 5.17. The molecule has 0 saturated carbocycles. The van der Waals surface area contributed by atoms with Gasteiger partial charge < -0.3 is 15.5 Å². The van der Waals surface area contributed by atoms with E-state index in [1.54, 1.807) is 6.92 Å². The topological polar surface area (TPSA) is 52.5 Å². The summed E-state index contributed by atoms with van der Waals surface area (Å²) in [5.74, 6) is 0. The summed E-state index contributed by atoms with van der Waals surface area (Å²) < 4.78 is 0. The maximum atomic E-state index is 9.82. The standard InChI is InChI=1S/C13H21NO2/c1-11(15)6-5-9-14-10-13(16)12-7-3-2-4-8-12/h2-4,7-8,11,13-16H,5-6,9-10H2,1H3. The molecule has 3 N–H and O–H groups in total. The van der Waals surface area contributed by atoms with Gasteiger partial charge in [-0.3, -0.25) is 0 Å². The van der Waals surface area contributed by atoms with Crippen LogP contribution in [0.2, 0.25) is 0 Å². The molecule has 2 atom stereocenters. The van der Waals surface area contributed by atoms with Crippen molar-refractivity contribution in [3.05, 3.63) is 35.9 Å². The lowest BCUT2D eigenvalue weighted by Crippen LogP contribution is -2.23. The summed E-state index contributed by atoms with van der Waals surface area (Å²) in [4.78, 5) is 0. The Labute approximate surface area is 97.1 Å². The number of hydrogen-bond acceptors (Lipinski definition) is 3. The smallest absolute Gasteiger partial charge is 0.0914 e. The molecule has 3 nitrogen and oxygen atoms in total. The van der Waals surface area contributed by atoms with E-state index in [2.05, 4.69) is 5.32 Å². The molecule has 1 rings (SSSR count). The molecule has 0 fully saturated rings. The van der Waals surface area contributed by atoms with Gasteiger partial charge in [-0.2, -0.15) is 0 Å². The summed E-state index contributed by atoms with van der Waals surface area (Å²) in [5.41, 5.74) is 0.936. The first-order valence-corrected chi connectivity index (χ1v) is 5.82. The average molecular weight is 223 g/mol. The molecule has 0 radical (unpaired) electrons. The lowest BCUT2D eigenvalue weighted by Gasteiger charge is -2.12. The quantitative estimate of drug-likeness (QED) is 0.614. The van der Waals surface area contributed by atoms with E-state index in [9.17, 15) is 5.11 Å². The minimum atomic E-state index is -0.451.